The number of hydrogen-bond acceptors (Lipinski definition) is 4. The zero-order valence-corrected chi connectivity index (χ0v) is 10.8. The van der Waals surface area contributed by atoms with Gasteiger partial charge >= 0.3 is 0 Å². The summed E-state index contributed by atoms with van der Waals surface area (Å²) in [4.78, 5) is 1.41. The van der Waals surface area contributed by atoms with Crippen LogP contribution in [0.3, 0.4) is 0 Å². The summed E-state index contributed by atoms with van der Waals surface area (Å²) in [6, 6.07) is 2.57. The molecule has 0 spiro atoms. The number of aryl methyl sites for hydroxylation is 1. The first-order chi connectivity index (χ1) is 7.75. The fourth-order valence-corrected chi connectivity index (χ4v) is 2.54. The minimum absolute atomic E-state index is 0.109. The normalized spacial score (nSPS) is 12.9. The van der Waals surface area contributed by atoms with Gasteiger partial charge in [0.2, 0.25) is 0 Å². The van der Waals surface area contributed by atoms with Crippen LogP contribution >= 0.6 is 11.3 Å². The Morgan fingerprint density at radius 3 is 2.94 bits per heavy atom. The molecule has 0 saturated heterocycles. The summed E-state index contributed by atoms with van der Waals surface area (Å²) >= 11 is 1.80. The van der Waals surface area contributed by atoms with Crippen LogP contribution in [-0.2, 0) is 4.74 Å². The average molecular weight is 243 g/mol. The Hall–Kier alpha value is -0.420. The second-order valence-corrected chi connectivity index (χ2v) is 4.78. The van der Waals surface area contributed by atoms with E-state index in [9.17, 15) is 0 Å². The van der Waals surface area contributed by atoms with Gasteiger partial charge in [0.15, 0.2) is 0 Å². The summed E-state index contributed by atoms with van der Waals surface area (Å²) in [5, 5.41) is 14.1. The highest BCUT2D eigenvalue weighted by Gasteiger charge is 2.08. The second-order valence-electron chi connectivity index (χ2n) is 3.83. The smallest absolute Gasteiger partial charge is 0.0697 e. The first kappa shape index (κ1) is 13.6. The Morgan fingerprint density at radius 2 is 2.31 bits per heavy atom. The topological polar surface area (TPSA) is 41.5 Å². The molecule has 1 rings (SSSR count). The minimum atomic E-state index is 0.109. The van der Waals surface area contributed by atoms with E-state index in [2.05, 4.69) is 30.6 Å². The molecule has 3 nitrogen and oxygen atoms in total. The summed E-state index contributed by atoms with van der Waals surface area (Å²) < 4.78 is 5.19. The van der Waals surface area contributed by atoms with Gasteiger partial charge in [0, 0.05) is 17.5 Å². The molecular formula is C12H21NO2S. The van der Waals surface area contributed by atoms with Gasteiger partial charge in [-0.1, -0.05) is 0 Å². The maximum absolute atomic E-state index is 8.53. The van der Waals surface area contributed by atoms with Gasteiger partial charge in [0.1, 0.15) is 0 Å². The van der Waals surface area contributed by atoms with Crippen LogP contribution in [0.5, 0.6) is 0 Å². The van der Waals surface area contributed by atoms with Crippen molar-refractivity contribution in [1.29, 1.82) is 0 Å². The highest BCUT2D eigenvalue weighted by molar-refractivity contribution is 7.10. The lowest BCUT2D eigenvalue weighted by atomic mass is 10.2. The molecule has 1 heterocycles. The highest BCUT2D eigenvalue weighted by Crippen LogP contribution is 2.23. The van der Waals surface area contributed by atoms with E-state index in [0.29, 0.717) is 19.3 Å². The maximum Gasteiger partial charge on any atom is 0.0697 e. The van der Waals surface area contributed by atoms with Crippen LogP contribution < -0.4 is 5.32 Å². The molecule has 0 aromatic carbocycles. The summed E-state index contributed by atoms with van der Waals surface area (Å²) in [5.74, 6) is 0. The van der Waals surface area contributed by atoms with E-state index in [4.69, 9.17) is 9.84 Å². The van der Waals surface area contributed by atoms with E-state index in [-0.39, 0.29) is 6.61 Å². The van der Waals surface area contributed by atoms with Crippen molar-refractivity contribution in [3.63, 3.8) is 0 Å². The number of hydrogen-bond donors (Lipinski definition) is 2. The molecule has 0 bridgehead atoms. The van der Waals surface area contributed by atoms with E-state index in [0.717, 1.165) is 13.0 Å². The summed E-state index contributed by atoms with van der Waals surface area (Å²) in [5.41, 5.74) is 1.36. The van der Waals surface area contributed by atoms with Crippen molar-refractivity contribution in [3.05, 3.63) is 21.9 Å². The van der Waals surface area contributed by atoms with Crippen LogP contribution in [-0.4, -0.2) is 31.5 Å². The lowest BCUT2D eigenvalue weighted by Crippen LogP contribution is -2.21. The number of ether oxygens (including phenoxy) is 1. The molecule has 0 aliphatic heterocycles. The molecule has 1 aromatic heterocycles. The van der Waals surface area contributed by atoms with Crippen molar-refractivity contribution in [2.75, 3.05) is 26.4 Å². The molecule has 0 radical (unpaired) electrons. The third-order valence-electron chi connectivity index (χ3n) is 2.45. The molecule has 4 heteroatoms. The van der Waals surface area contributed by atoms with Gasteiger partial charge in [0.25, 0.3) is 0 Å². The molecule has 0 saturated carbocycles. The fraction of sp³-hybridized carbons (Fsp3) is 0.667. The van der Waals surface area contributed by atoms with Crippen LogP contribution in [0.25, 0.3) is 0 Å². The SMILES string of the molecule is Cc1ccsc1C(C)NCCCOCCO. The Morgan fingerprint density at radius 1 is 1.50 bits per heavy atom. The van der Waals surface area contributed by atoms with Crippen molar-refractivity contribution >= 4 is 11.3 Å². The van der Waals surface area contributed by atoms with Crippen molar-refractivity contribution in [1.82, 2.24) is 5.32 Å². The molecule has 16 heavy (non-hydrogen) atoms. The molecule has 1 atom stereocenters. The number of nitrogens with one attached hydrogen (secondary N) is 1. The Kier molecular flexibility index (Phi) is 6.64. The van der Waals surface area contributed by atoms with Crippen molar-refractivity contribution in [2.45, 2.75) is 26.3 Å². The summed E-state index contributed by atoms with van der Waals surface area (Å²) in [6.07, 6.45) is 0.981. The molecule has 1 unspecified atom stereocenters. The summed E-state index contributed by atoms with van der Waals surface area (Å²) in [7, 11) is 0. The van der Waals surface area contributed by atoms with E-state index in [1.165, 1.54) is 10.4 Å². The molecule has 0 aliphatic rings. The van der Waals surface area contributed by atoms with Crippen LogP contribution in [0.4, 0.5) is 0 Å². The van der Waals surface area contributed by atoms with Crippen molar-refractivity contribution in [3.8, 4) is 0 Å². The fourth-order valence-electron chi connectivity index (χ4n) is 1.58. The van der Waals surface area contributed by atoms with Gasteiger partial charge < -0.3 is 15.2 Å². The molecule has 92 valence electrons. The van der Waals surface area contributed by atoms with Crippen molar-refractivity contribution in [2.24, 2.45) is 0 Å². The molecule has 0 amide bonds. The van der Waals surface area contributed by atoms with Gasteiger partial charge in [-0.05, 0) is 43.8 Å². The zero-order valence-electron chi connectivity index (χ0n) is 10.0. The van der Waals surface area contributed by atoms with Crippen LogP contribution in [0.15, 0.2) is 11.4 Å². The van der Waals surface area contributed by atoms with E-state index >= 15 is 0 Å². The van der Waals surface area contributed by atoms with Crippen LogP contribution in [0.2, 0.25) is 0 Å². The van der Waals surface area contributed by atoms with Gasteiger partial charge in [0.05, 0.1) is 13.2 Å². The average Bonchev–Trinajstić information content (AvgIpc) is 2.69. The number of aliphatic hydroxyl groups excluding tert-OH is 1. The molecule has 0 fully saturated rings. The van der Waals surface area contributed by atoms with Crippen LogP contribution in [0.1, 0.15) is 29.8 Å². The molecule has 2 N–H and O–H groups in total. The molecule has 1 aromatic rings. The van der Waals surface area contributed by atoms with Gasteiger partial charge in [-0.15, -0.1) is 11.3 Å². The number of thiophene rings is 1. The van der Waals surface area contributed by atoms with E-state index in [1.807, 2.05) is 0 Å². The molecular weight excluding hydrogens is 222 g/mol. The number of rotatable bonds is 8. The quantitative estimate of drug-likeness (QED) is 0.687. The predicted molar refractivity (Wildman–Crippen MR) is 68.0 cm³/mol. The first-order valence-corrected chi connectivity index (χ1v) is 6.59. The Labute approximate surface area is 101 Å². The highest BCUT2D eigenvalue weighted by atomic mass is 32.1. The van der Waals surface area contributed by atoms with Crippen molar-refractivity contribution < 1.29 is 9.84 Å². The van der Waals surface area contributed by atoms with Gasteiger partial charge in [-0.3, -0.25) is 0 Å². The standard InChI is InChI=1S/C12H21NO2S/c1-10-4-9-16-12(10)11(2)13-5-3-7-15-8-6-14/h4,9,11,13-14H,3,5-8H2,1-2H3. The lowest BCUT2D eigenvalue weighted by molar-refractivity contribution is 0.0904. The third-order valence-corrected chi connectivity index (χ3v) is 3.65. The predicted octanol–water partition coefficient (Wildman–Crippen LogP) is 2.11. The number of aliphatic hydroxyl groups is 1. The third kappa shape index (κ3) is 4.61. The van der Waals surface area contributed by atoms with E-state index < -0.39 is 0 Å². The second kappa shape index (κ2) is 7.79. The molecule has 0 aliphatic carbocycles. The summed E-state index contributed by atoms with van der Waals surface area (Å²) in [6.45, 7) is 6.55. The lowest BCUT2D eigenvalue weighted by Gasteiger charge is -2.13. The maximum atomic E-state index is 8.53. The van der Waals surface area contributed by atoms with Crippen LogP contribution in [0, 0.1) is 6.92 Å². The van der Waals surface area contributed by atoms with Gasteiger partial charge in [-0.25, -0.2) is 0 Å². The Bertz CT molecular complexity index is 288. The van der Waals surface area contributed by atoms with E-state index in [1.54, 1.807) is 11.3 Å². The zero-order chi connectivity index (χ0) is 11.8. The minimum Gasteiger partial charge on any atom is -0.394 e. The van der Waals surface area contributed by atoms with Gasteiger partial charge in [-0.2, -0.15) is 0 Å². The Balaban J connectivity index is 2.11. The monoisotopic (exact) mass is 243 g/mol. The largest absolute Gasteiger partial charge is 0.394 e. The first-order valence-electron chi connectivity index (χ1n) is 5.71.